The molecule has 0 unspecified atom stereocenters. The van der Waals surface area contributed by atoms with Crippen molar-refractivity contribution in [3.63, 3.8) is 0 Å². The summed E-state index contributed by atoms with van der Waals surface area (Å²) in [5, 5.41) is 3.73. The quantitative estimate of drug-likeness (QED) is 0.592. The van der Waals surface area contributed by atoms with Crippen LogP contribution in [0.1, 0.15) is 12.0 Å². The zero-order valence-corrected chi connectivity index (χ0v) is 12.6. The minimum absolute atomic E-state index is 0.0303. The summed E-state index contributed by atoms with van der Waals surface area (Å²) in [6.45, 7) is -0.198. The maximum atomic E-state index is 11.9. The molecule has 1 aliphatic rings. The van der Waals surface area contributed by atoms with Crippen LogP contribution in [-0.2, 0) is 19.5 Å². The van der Waals surface area contributed by atoms with E-state index in [2.05, 4.69) is 5.16 Å². The molecule has 0 aliphatic carbocycles. The van der Waals surface area contributed by atoms with Crippen LogP contribution in [0.15, 0.2) is 35.5 Å². The molecule has 7 heteroatoms. The zero-order valence-electron chi connectivity index (χ0n) is 11.8. The maximum Gasteiger partial charge on any atom is 0.263 e. The Labute approximate surface area is 124 Å². The second-order valence-electron chi connectivity index (χ2n) is 4.98. The van der Waals surface area contributed by atoms with E-state index in [1.807, 2.05) is 30.3 Å². The number of hydrogen-bond donors (Lipinski definition) is 0. The molecule has 0 spiro atoms. The molecule has 0 saturated carbocycles. The standard InChI is InChI=1S/C14H18N2O4S/c1-16(13-7-8-21(18,19)11-13)14(17)10-20-15-9-12-5-3-2-4-6-12/h2-6,9,13H,7-8,10-11H2,1H3/b15-9-/t13-/m0/s1. The fourth-order valence-electron chi connectivity index (χ4n) is 2.12. The molecule has 1 atom stereocenters. The van der Waals surface area contributed by atoms with Gasteiger partial charge in [0.05, 0.1) is 17.7 Å². The minimum atomic E-state index is -3.00. The summed E-state index contributed by atoms with van der Waals surface area (Å²) in [6.07, 6.45) is 2.01. The summed E-state index contributed by atoms with van der Waals surface area (Å²) >= 11 is 0. The van der Waals surface area contributed by atoms with Crippen LogP contribution < -0.4 is 0 Å². The molecule has 1 saturated heterocycles. The van der Waals surface area contributed by atoms with Crippen LogP contribution in [-0.4, -0.2) is 56.6 Å². The Hall–Kier alpha value is -1.89. The average Bonchev–Trinajstić information content (AvgIpc) is 2.84. The molecule has 21 heavy (non-hydrogen) atoms. The molecule has 0 radical (unpaired) electrons. The fourth-order valence-corrected chi connectivity index (χ4v) is 3.89. The van der Waals surface area contributed by atoms with Crippen LogP contribution in [0.3, 0.4) is 0 Å². The van der Waals surface area contributed by atoms with E-state index in [0.717, 1.165) is 5.56 Å². The molecule has 1 heterocycles. The van der Waals surface area contributed by atoms with Gasteiger partial charge >= 0.3 is 0 Å². The Bertz CT molecular complexity index is 613. The number of hydrogen-bond acceptors (Lipinski definition) is 5. The lowest BCUT2D eigenvalue weighted by Gasteiger charge is -2.22. The van der Waals surface area contributed by atoms with Gasteiger partial charge < -0.3 is 9.74 Å². The van der Waals surface area contributed by atoms with Gasteiger partial charge in [0.1, 0.15) is 0 Å². The first-order valence-electron chi connectivity index (χ1n) is 6.64. The number of likely N-dealkylation sites (N-methyl/N-ethyl adjacent to an activating group) is 1. The lowest BCUT2D eigenvalue weighted by Crippen LogP contribution is -2.39. The third-order valence-corrected chi connectivity index (χ3v) is 5.16. The smallest absolute Gasteiger partial charge is 0.263 e. The molecule has 6 nitrogen and oxygen atoms in total. The molecule has 1 aromatic carbocycles. The highest BCUT2D eigenvalue weighted by Gasteiger charge is 2.32. The van der Waals surface area contributed by atoms with E-state index in [4.69, 9.17) is 4.84 Å². The average molecular weight is 310 g/mol. The van der Waals surface area contributed by atoms with Gasteiger partial charge in [-0.2, -0.15) is 0 Å². The van der Waals surface area contributed by atoms with Crippen LogP contribution in [0.25, 0.3) is 0 Å². The van der Waals surface area contributed by atoms with Gasteiger partial charge in [-0.3, -0.25) is 4.79 Å². The van der Waals surface area contributed by atoms with Crippen LogP contribution in [0, 0.1) is 0 Å². The topological polar surface area (TPSA) is 76.0 Å². The predicted octanol–water partition coefficient (Wildman–Crippen LogP) is 0.683. The van der Waals surface area contributed by atoms with E-state index in [9.17, 15) is 13.2 Å². The summed E-state index contributed by atoms with van der Waals surface area (Å²) in [5.74, 6) is -0.104. The van der Waals surface area contributed by atoms with E-state index in [1.165, 1.54) is 11.1 Å². The van der Waals surface area contributed by atoms with E-state index in [0.29, 0.717) is 6.42 Å². The van der Waals surface area contributed by atoms with Crippen molar-refractivity contribution in [3.05, 3.63) is 35.9 Å². The summed E-state index contributed by atoms with van der Waals surface area (Å²) in [5.41, 5.74) is 0.875. The van der Waals surface area contributed by atoms with Crippen molar-refractivity contribution in [1.82, 2.24) is 4.90 Å². The van der Waals surface area contributed by atoms with E-state index >= 15 is 0 Å². The third-order valence-electron chi connectivity index (χ3n) is 3.41. The number of carbonyl (C=O) groups is 1. The Morgan fingerprint density at radius 2 is 2.14 bits per heavy atom. The molecule has 1 aromatic rings. The van der Waals surface area contributed by atoms with Gasteiger partial charge in [0.2, 0.25) is 0 Å². The van der Waals surface area contributed by atoms with Crippen molar-refractivity contribution in [2.75, 3.05) is 25.2 Å². The Kier molecular flexibility index (Phi) is 4.95. The summed E-state index contributed by atoms with van der Waals surface area (Å²) in [4.78, 5) is 18.3. The zero-order chi connectivity index (χ0) is 15.3. The van der Waals surface area contributed by atoms with Crippen molar-refractivity contribution in [1.29, 1.82) is 0 Å². The number of amides is 1. The summed E-state index contributed by atoms with van der Waals surface area (Å²) in [6, 6.07) is 9.12. The number of carbonyl (C=O) groups excluding carboxylic acids is 1. The summed E-state index contributed by atoms with van der Waals surface area (Å²) < 4.78 is 22.8. The normalized spacial score (nSPS) is 20.5. The fraction of sp³-hybridized carbons (Fsp3) is 0.429. The highest BCUT2D eigenvalue weighted by molar-refractivity contribution is 7.91. The van der Waals surface area contributed by atoms with E-state index in [-0.39, 0.29) is 30.1 Å². The SMILES string of the molecule is CN(C(=O)CO/N=C\c1ccccc1)[C@H]1CCS(=O)(=O)C1. The first-order chi connectivity index (χ1) is 9.98. The molecular weight excluding hydrogens is 292 g/mol. The third kappa shape index (κ3) is 4.56. The Balaban J connectivity index is 1.78. The van der Waals surface area contributed by atoms with Crippen LogP contribution in [0.5, 0.6) is 0 Å². The molecule has 1 aliphatic heterocycles. The number of nitrogens with zero attached hydrogens (tertiary/aromatic N) is 2. The Morgan fingerprint density at radius 1 is 1.43 bits per heavy atom. The van der Waals surface area contributed by atoms with Crippen molar-refractivity contribution in [2.45, 2.75) is 12.5 Å². The molecule has 0 bridgehead atoms. The van der Waals surface area contributed by atoms with Gasteiger partial charge in [-0.25, -0.2) is 8.42 Å². The number of oxime groups is 1. The highest BCUT2D eigenvalue weighted by atomic mass is 32.2. The molecule has 1 amide bonds. The molecule has 1 fully saturated rings. The number of sulfone groups is 1. The molecule has 2 rings (SSSR count). The lowest BCUT2D eigenvalue weighted by molar-refractivity contribution is -0.136. The number of rotatable bonds is 5. The van der Waals surface area contributed by atoms with Gasteiger partial charge in [0, 0.05) is 13.1 Å². The number of benzene rings is 1. The van der Waals surface area contributed by atoms with Gasteiger partial charge in [0.25, 0.3) is 5.91 Å². The molecule has 0 N–H and O–H groups in total. The second kappa shape index (κ2) is 6.71. The predicted molar refractivity (Wildman–Crippen MR) is 79.8 cm³/mol. The van der Waals surface area contributed by atoms with Gasteiger partial charge in [-0.15, -0.1) is 0 Å². The maximum absolute atomic E-state index is 11.9. The van der Waals surface area contributed by atoms with Crippen LogP contribution in [0.2, 0.25) is 0 Å². The van der Waals surface area contributed by atoms with Gasteiger partial charge in [-0.05, 0) is 12.0 Å². The van der Waals surface area contributed by atoms with Crippen molar-refractivity contribution < 1.29 is 18.0 Å². The van der Waals surface area contributed by atoms with Gasteiger partial charge in [0.15, 0.2) is 16.4 Å². The van der Waals surface area contributed by atoms with Crippen molar-refractivity contribution in [2.24, 2.45) is 5.16 Å². The first kappa shape index (κ1) is 15.5. The second-order valence-corrected chi connectivity index (χ2v) is 7.21. The Morgan fingerprint density at radius 3 is 2.76 bits per heavy atom. The highest BCUT2D eigenvalue weighted by Crippen LogP contribution is 2.16. The van der Waals surface area contributed by atoms with Crippen molar-refractivity contribution >= 4 is 22.0 Å². The lowest BCUT2D eigenvalue weighted by atomic mass is 10.2. The van der Waals surface area contributed by atoms with Crippen LogP contribution in [0.4, 0.5) is 0 Å². The molecule has 114 valence electrons. The van der Waals surface area contributed by atoms with Crippen molar-refractivity contribution in [3.8, 4) is 0 Å². The largest absolute Gasteiger partial charge is 0.386 e. The van der Waals surface area contributed by atoms with Crippen LogP contribution >= 0.6 is 0 Å². The van der Waals surface area contributed by atoms with E-state index in [1.54, 1.807) is 7.05 Å². The molecular formula is C14H18N2O4S. The minimum Gasteiger partial charge on any atom is -0.386 e. The van der Waals surface area contributed by atoms with E-state index < -0.39 is 9.84 Å². The summed E-state index contributed by atoms with van der Waals surface area (Å²) in [7, 11) is -1.40. The first-order valence-corrected chi connectivity index (χ1v) is 8.46. The monoisotopic (exact) mass is 310 g/mol. The van der Waals surface area contributed by atoms with Gasteiger partial charge in [-0.1, -0.05) is 35.5 Å². The molecule has 0 aromatic heterocycles.